The molecule has 154 valence electrons. The number of hydrogen-bond acceptors (Lipinski definition) is 6. The topological polar surface area (TPSA) is 98.1 Å². The van der Waals surface area contributed by atoms with Crippen molar-refractivity contribution in [3.05, 3.63) is 59.9 Å². The molecule has 3 heterocycles. The first-order chi connectivity index (χ1) is 14.7. The van der Waals surface area contributed by atoms with E-state index in [-0.39, 0.29) is 0 Å². The molecule has 0 aliphatic carbocycles. The van der Waals surface area contributed by atoms with Crippen molar-refractivity contribution in [1.82, 2.24) is 40.4 Å². The standard InChI is InChI=1S/C22H26N8/c1-4-12-30-20(24-21(27-30)15(3)5-2)13-16-6-8-17(9-7-16)19-14-23-11-10-18(19)22-25-28-29-26-22/h6-11,14-15H,4-5,12-13H2,1-3H3,(H,25,26,28,29). The number of aromatic nitrogens is 8. The third kappa shape index (κ3) is 4.12. The van der Waals surface area contributed by atoms with Crippen molar-refractivity contribution in [2.45, 2.75) is 52.5 Å². The maximum atomic E-state index is 4.84. The van der Waals surface area contributed by atoms with Crippen LogP contribution in [0.4, 0.5) is 0 Å². The molecule has 30 heavy (non-hydrogen) atoms. The first kappa shape index (κ1) is 19.9. The zero-order valence-electron chi connectivity index (χ0n) is 17.6. The van der Waals surface area contributed by atoms with Crippen molar-refractivity contribution in [3.8, 4) is 22.5 Å². The normalized spacial score (nSPS) is 12.2. The first-order valence-electron chi connectivity index (χ1n) is 10.4. The number of aryl methyl sites for hydroxylation is 1. The van der Waals surface area contributed by atoms with Crippen LogP contribution in [0.1, 0.15) is 56.7 Å². The van der Waals surface area contributed by atoms with E-state index in [2.05, 4.69) is 75.3 Å². The third-order valence-electron chi connectivity index (χ3n) is 5.29. The van der Waals surface area contributed by atoms with E-state index in [0.29, 0.717) is 11.7 Å². The quantitative estimate of drug-likeness (QED) is 0.478. The highest BCUT2D eigenvalue weighted by molar-refractivity contribution is 5.79. The molecule has 1 atom stereocenters. The highest BCUT2D eigenvalue weighted by atomic mass is 15.5. The Morgan fingerprint density at radius 2 is 1.90 bits per heavy atom. The van der Waals surface area contributed by atoms with Crippen LogP contribution < -0.4 is 0 Å². The second kappa shape index (κ2) is 8.94. The van der Waals surface area contributed by atoms with E-state index in [9.17, 15) is 0 Å². The molecule has 0 bridgehead atoms. The Kier molecular flexibility index (Phi) is 5.92. The predicted molar refractivity (Wildman–Crippen MR) is 115 cm³/mol. The fourth-order valence-corrected chi connectivity index (χ4v) is 3.39. The van der Waals surface area contributed by atoms with E-state index in [1.807, 2.05) is 12.3 Å². The molecule has 0 amide bonds. The molecule has 0 aliphatic rings. The van der Waals surface area contributed by atoms with Gasteiger partial charge in [0.15, 0.2) is 5.82 Å². The van der Waals surface area contributed by atoms with Gasteiger partial charge >= 0.3 is 0 Å². The summed E-state index contributed by atoms with van der Waals surface area (Å²) in [5, 5.41) is 19.1. The zero-order chi connectivity index (χ0) is 20.9. The number of nitrogens with one attached hydrogen (secondary N) is 1. The van der Waals surface area contributed by atoms with E-state index in [4.69, 9.17) is 10.1 Å². The molecular formula is C22H26N8. The van der Waals surface area contributed by atoms with Crippen LogP contribution in [-0.4, -0.2) is 40.4 Å². The molecule has 1 aromatic carbocycles. The molecule has 0 spiro atoms. The summed E-state index contributed by atoms with van der Waals surface area (Å²) in [6.45, 7) is 7.41. The van der Waals surface area contributed by atoms with E-state index in [1.165, 1.54) is 5.56 Å². The van der Waals surface area contributed by atoms with Crippen LogP contribution >= 0.6 is 0 Å². The number of rotatable bonds is 8. The lowest BCUT2D eigenvalue weighted by Crippen LogP contribution is -2.06. The van der Waals surface area contributed by atoms with E-state index < -0.39 is 0 Å². The van der Waals surface area contributed by atoms with Gasteiger partial charge in [-0.25, -0.2) is 9.67 Å². The Labute approximate surface area is 175 Å². The second-order valence-corrected chi connectivity index (χ2v) is 7.45. The summed E-state index contributed by atoms with van der Waals surface area (Å²) in [5.74, 6) is 2.89. The van der Waals surface area contributed by atoms with Crippen LogP contribution in [0.15, 0.2) is 42.7 Å². The van der Waals surface area contributed by atoms with E-state index in [0.717, 1.165) is 54.1 Å². The molecule has 0 saturated carbocycles. The highest BCUT2D eigenvalue weighted by Gasteiger charge is 2.15. The predicted octanol–water partition coefficient (Wildman–Crippen LogP) is 4.03. The number of H-pyrrole nitrogens is 1. The lowest BCUT2D eigenvalue weighted by molar-refractivity contribution is 0.562. The van der Waals surface area contributed by atoms with Crippen molar-refractivity contribution in [1.29, 1.82) is 0 Å². The Bertz CT molecular complexity index is 1080. The van der Waals surface area contributed by atoms with E-state index >= 15 is 0 Å². The molecule has 3 aromatic heterocycles. The molecule has 1 N–H and O–H groups in total. The average Bonchev–Trinajstić information content (AvgIpc) is 3.45. The Morgan fingerprint density at radius 3 is 2.60 bits per heavy atom. The highest BCUT2D eigenvalue weighted by Crippen LogP contribution is 2.29. The second-order valence-electron chi connectivity index (χ2n) is 7.45. The molecule has 4 aromatic rings. The molecule has 0 fully saturated rings. The third-order valence-corrected chi connectivity index (χ3v) is 5.29. The van der Waals surface area contributed by atoms with Gasteiger partial charge in [-0.1, -0.05) is 45.0 Å². The number of benzene rings is 1. The largest absolute Gasteiger partial charge is 0.264 e. The maximum absolute atomic E-state index is 4.84. The van der Waals surface area contributed by atoms with Gasteiger partial charge in [-0.05, 0) is 35.2 Å². The Hall–Kier alpha value is -3.42. The monoisotopic (exact) mass is 402 g/mol. The van der Waals surface area contributed by atoms with Gasteiger partial charge in [0.05, 0.1) is 0 Å². The van der Waals surface area contributed by atoms with Gasteiger partial charge in [0.25, 0.3) is 0 Å². The SMILES string of the molecule is CCCn1nc(C(C)CC)nc1Cc1ccc(-c2cnccc2-c2nn[nH]n2)cc1. The number of nitrogens with zero attached hydrogens (tertiary/aromatic N) is 7. The number of aromatic amines is 1. The smallest absolute Gasteiger partial charge is 0.205 e. The van der Waals surface area contributed by atoms with Gasteiger partial charge in [0.2, 0.25) is 5.82 Å². The molecule has 0 saturated heterocycles. The Balaban J connectivity index is 1.59. The van der Waals surface area contributed by atoms with Gasteiger partial charge in [0, 0.05) is 42.4 Å². The molecule has 4 rings (SSSR count). The Morgan fingerprint density at radius 1 is 1.07 bits per heavy atom. The molecule has 0 radical (unpaired) electrons. The van der Waals surface area contributed by atoms with E-state index in [1.54, 1.807) is 6.20 Å². The summed E-state index contributed by atoms with van der Waals surface area (Å²) in [4.78, 5) is 9.11. The summed E-state index contributed by atoms with van der Waals surface area (Å²) >= 11 is 0. The summed E-state index contributed by atoms with van der Waals surface area (Å²) < 4.78 is 2.06. The van der Waals surface area contributed by atoms with Crippen molar-refractivity contribution in [2.75, 3.05) is 0 Å². The van der Waals surface area contributed by atoms with Gasteiger partial charge in [-0.2, -0.15) is 10.3 Å². The lowest BCUT2D eigenvalue weighted by atomic mass is 9.99. The zero-order valence-corrected chi connectivity index (χ0v) is 17.6. The minimum absolute atomic E-state index is 0.373. The fourth-order valence-electron chi connectivity index (χ4n) is 3.39. The first-order valence-corrected chi connectivity index (χ1v) is 10.4. The van der Waals surface area contributed by atoms with Crippen molar-refractivity contribution in [2.24, 2.45) is 0 Å². The molecule has 0 aliphatic heterocycles. The summed E-state index contributed by atoms with van der Waals surface area (Å²) in [6.07, 6.45) is 6.40. The molecule has 8 heteroatoms. The summed E-state index contributed by atoms with van der Waals surface area (Å²) in [7, 11) is 0. The molecule has 1 unspecified atom stereocenters. The minimum atomic E-state index is 0.373. The van der Waals surface area contributed by atoms with Crippen LogP contribution in [-0.2, 0) is 13.0 Å². The van der Waals surface area contributed by atoms with Crippen molar-refractivity contribution >= 4 is 0 Å². The van der Waals surface area contributed by atoms with Gasteiger partial charge < -0.3 is 0 Å². The van der Waals surface area contributed by atoms with Crippen LogP contribution in [0.2, 0.25) is 0 Å². The average molecular weight is 403 g/mol. The van der Waals surface area contributed by atoms with Crippen LogP contribution in [0.25, 0.3) is 22.5 Å². The van der Waals surface area contributed by atoms with Crippen LogP contribution in [0.5, 0.6) is 0 Å². The van der Waals surface area contributed by atoms with Gasteiger partial charge in [-0.3, -0.25) is 4.98 Å². The molecule has 8 nitrogen and oxygen atoms in total. The fraction of sp³-hybridized carbons (Fsp3) is 0.364. The van der Waals surface area contributed by atoms with Crippen LogP contribution in [0.3, 0.4) is 0 Å². The number of hydrogen-bond donors (Lipinski definition) is 1. The molecular weight excluding hydrogens is 376 g/mol. The summed E-state index contributed by atoms with van der Waals surface area (Å²) in [6, 6.07) is 10.4. The van der Waals surface area contributed by atoms with Gasteiger partial charge in [0.1, 0.15) is 5.82 Å². The summed E-state index contributed by atoms with van der Waals surface area (Å²) in [5.41, 5.74) is 4.12. The van der Waals surface area contributed by atoms with Crippen molar-refractivity contribution < 1.29 is 0 Å². The maximum Gasteiger partial charge on any atom is 0.205 e. The number of tetrazole rings is 1. The van der Waals surface area contributed by atoms with Gasteiger partial charge in [-0.15, -0.1) is 10.2 Å². The van der Waals surface area contributed by atoms with Crippen LogP contribution in [0, 0.1) is 0 Å². The number of pyridine rings is 1. The minimum Gasteiger partial charge on any atom is -0.264 e. The van der Waals surface area contributed by atoms with Crippen molar-refractivity contribution in [3.63, 3.8) is 0 Å². The lowest BCUT2D eigenvalue weighted by Gasteiger charge is -2.08.